The zero-order valence-corrected chi connectivity index (χ0v) is 17.1. The topological polar surface area (TPSA) is 83.2 Å². The largest absolute Gasteiger partial charge is 0.507 e. The van der Waals surface area contributed by atoms with Gasteiger partial charge >= 0.3 is 0 Å². The van der Waals surface area contributed by atoms with E-state index in [1.165, 1.54) is 18.3 Å². The number of ketones is 1. The molecule has 7 nitrogen and oxygen atoms in total. The molecule has 3 rings (SSSR count). The predicted octanol–water partition coefficient (Wildman–Crippen LogP) is 2.97. The number of amides is 1. The van der Waals surface area contributed by atoms with E-state index in [0.717, 1.165) is 12.1 Å². The van der Waals surface area contributed by atoms with E-state index >= 15 is 0 Å². The summed E-state index contributed by atoms with van der Waals surface area (Å²) in [5.41, 5.74) is 1.27. The van der Waals surface area contributed by atoms with E-state index in [4.69, 9.17) is 9.15 Å². The van der Waals surface area contributed by atoms with Crippen molar-refractivity contribution in [3.8, 4) is 5.75 Å². The molecule has 1 fully saturated rings. The number of likely N-dealkylation sites (tertiary alicyclic amines) is 1. The van der Waals surface area contributed by atoms with Gasteiger partial charge < -0.3 is 24.1 Å². The number of aryl methyl sites for hydroxylation is 1. The number of carbonyl (C=O) groups is 2. The molecule has 1 aromatic heterocycles. The van der Waals surface area contributed by atoms with Crippen molar-refractivity contribution in [1.82, 2.24) is 9.80 Å². The quantitative estimate of drug-likeness (QED) is 0.439. The maximum absolute atomic E-state index is 12.9. The van der Waals surface area contributed by atoms with E-state index in [1.54, 1.807) is 24.3 Å². The van der Waals surface area contributed by atoms with E-state index in [2.05, 4.69) is 0 Å². The van der Waals surface area contributed by atoms with Crippen LogP contribution in [0.2, 0.25) is 0 Å². The van der Waals surface area contributed by atoms with Crippen molar-refractivity contribution in [1.29, 1.82) is 0 Å². The number of Topliss-reactive ketones (excluding diaryl/α,β-unsaturated/α-hetero) is 1. The molecule has 1 aliphatic heterocycles. The minimum atomic E-state index is -0.780. The maximum atomic E-state index is 12.9. The third-order valence-electron chi connectivity index (χ3n) is 4.97. The van der Waals surface area contributed by atoms with Crippen molar-refractivity contribution < 1.29 is 23.8 Å². The van der Waals surface area contributed by atoms with Crippen molar-refractivity contribution in [3.05, 3.63) is 59.1 Å². The van der Waals surface area contributed by atoms with E-state index in [1.807, 2.05) is 32.0 Å². The fourth-order valence-electron chi connectivity index (χ4n) is 3.56. The standard InChI is InChI=1S/C22H26N2O5/c1-14-8-9-16(28-4)15(13-14)20(25)18-19(17-7-5-12-29-17)24(22(27)21(18)26)11-6-10-23(2)3/h5,7-9,12-13,19,25H,6,10-11H2,1-4H3/b20-18-. The average Bonchev–Trinajstić information content (AvgIpc) is 3.29. The Balaban J connectivity index is 2.10. The summed E-state index contributed by atoms with van der Waals surface area (Å²) < 4.78 is 10.9. The number of methoxy groups -OCH3 is 1. The summed E-state index contributed by atoms with van der Waals surface area (Å²) in [5, 5.41) is 11.1. The van der Waals surface area contributed by atoms with Gasteiger partial charge in [0.2, 0.25) is 0 Å². The Kier molecular flexibility index (Phi) is 6.08. The highest BCUT2D eigenvalue weighted by Gasteiger charge is 2.47. The number of rotatable bonds is 7. The highest BCUT2D eigenvalue weighted by Crippen LogP contribution is 2.41. The van der Waals surface area contributed by atoms with E-state index < -0.39 is 17.7 Å². The van der Waals surface area contributed by atoms with Crippen LogP contribution in [0.25, 0.3) is 5.76 Å². The van der Waals surface area contributed by atoms with Gasteiger partial charge in [-0.05, 0) is 58.3 Å². The summed E-state index contributed by atoms with van der Waals surface area (Å²) in [5.74, 6) is -0.775. The number of ether oxygens (including phenoxy) is 1. The Labute approximate surface area is 170 Å². The normalized spacial score (nSPS) is 18.7. The van der Waals surface area contributed by atoms with Crippen LogP contribution >= 0.6 is 0 Å². The van der Waals surface area contributed by atoms with Crippen LogP contribution in [0.5, 0.6) is 5.75 Å². The first-order valence-corrected chi connectivity index (χ1v) is 9.46. The monoisotopic (exact) mass is 398 g/mol. The summed E-state index contributed by atoms with van der Waals surface area (Å²) in [7, 11) is 5.38. The fourth-order valence-corrected chi connectivity index (χ4v) is 3.56. The summed E-state index contributed by atoms with van der Waals surface area (Å²) >= 11 is 0. The molecule has 0 radical (unpaired) electrons. The van der Waals surface area contributed by atoms with E-state index in [-0.39, 0.29) is 11.3 Å². The molecule has 7 heteroatoms. The molecule has 2 aromatic rings. The highest BCUT2D eigenvalue weighted by molar-refractivity contribution is 6.46. The molecular formula is C22H26N2O5. The van der Waals surface area contributed by atoms with Crippen molar-refractivity contribution in [3.63, 3.8) is 0 Å². The number of hydrogen-bond acceptors (Lipinski definition) is 6. The molecule has 1 aromatic carbocycles. The van der Waals surface area contributed by atoms with Gasteiger partial charge in [0.05, 0.1) is 24.5 Å². The Morgan fingerprint density at radius 3 is 2.66 bits per heavy atom. The van der Waals surface area contributed by atoms with Crippen LogP contribution in [-0.2, 0) is 9.59 Å². The van der Waals surface area contributed by atoms with Gasteiger partial charge in [-0.15, -0.1) is 0 Å². The third-order valence-corrected chi connectivity index (χ3v) is 4.97. The lowest BCUT2D eigenvalue weighted by Crippen LogP contribution is -2.32. The summed E-state index contributed by atoms with van der Waals surface area (Å²) in [6, 6.07) is 7.92. The molecule has 0 bridgehead atoms. The molecule has 0 spiro atoms. The Morgan fingerprint density at radius 2 is 2.03 bits per heavy atom. The van der Waals surface area contributed by atoms with Gasteiger partial charge in [0, 0.05) is 6.54 Å². The number of furan rings is 1. The zero-order valence-electron chi connectivity index (χ0n) is 17.1. The summed E-state index contributed by atoms with van der Waals surface area (Å²) in [6.07, 6.45) is 2.17. The molecule has 2 heterocycles. The molecule has 1 atom stereocenters. The van der Waals surface area contributed by atoms with Crippen LogP contribution < -0.4 is 4.74 Å². The number of nitrogens with zero attached hydrogens (tertiary/aromatic N) is 2. The van der Waals surface area contributed by atoms with Gasteiger partial charge in [0.25, 0.3) is 11.7 Å². The smallest absolute Gasteiger partial charge is 0.295 e. The lowest BCUT2D eigenvalue weighted by Gasteiger charge is -2.24. The first kappa shape index (κ1) is 20.7. The van der Waals surface area contributed by atoms with Gasteiger partial charge in [-0.3, -0.25) is 9.59 Å². The Bertz CT molecular complexity index is 931. The SMILES string of the molecule is COc1ccc(C)cc1/C(O)=C1/C(=O)C(=O)N(CCCN(C)C)C1c1ccco1. The van der Waals surface area contributed by atoms with Gasteiger partial charge in [-0.2, -0.15) is 0 Å². The maximum Gasteiger partial charge on any atom is 0.295 e. The predicted molar refractivity (Wildman–Crippen MR) is 109 cm³/mol. The zero-order chi connectivity index (χ0) is 21.1. The van der Waals surface area contributed by atoms with Crippen LogP contribution in [0.3, 0.4) is 0 Å². The molecule has 29 heavy (non-hydrogen) atoms. The Morgan fingerprint density at radius 1 is 1.28 bits per heavy atom. The van der Waals surface area contributed by atoms with Crippen molar-refractivity contribution in [2.45, 2.75) is 19.4 Å². The van der Waals surface area contributed by atoms with Gasteiger partial charge in [-0.1, -0.05) is 11.6 Å². The average molecular weight is 398 g/mol. The molecule has 1 amide bonds. The van der Waals surface area contributed by atoms with Crippen LogP contribution in [-0.4, -0.2) is 60.9 Å². The van der Waals surface area contributed by atoms with Crippen molar-refractivity contribution >= 4 is 17.4 Å². The minimum Gasteiger partial charge on any atom is -0.507 e. The molecule has 154 valence electrons. The summed E-state index contributed by atoms with van der Waals surface area (Å²) in [6.45, 7) is 3.01. The van der Waals surface area contributed by atoms with Crippen LogP contribution in [0, 0.1) is 6.92 Å². The lowest BCUT2D eigenvalue weighted by molar-refractivity contribution is -0.140. The highest BCUT2D eigenvalue weighted by atomic mass is 16.5. The molecule has 1 saturated heterocycles. The summed E-state index contributed by atoms with van der Waals surface area (Å²) in [4.78, 5) is 29.2. The second kappa shape index (κ2) is 8.53. The van der Waals surface area contributed by atoms with E-state index in [0.29, 0.717) is 30.0 Å². The van der Waals surface area contributed by atoms with Gasteiger partial charge in [0.15, 0.2) is 0 Å². The van der Waals surface area contributed by atoms with Gasteiger partial charge in [0.1, 0.15) is 23.3 Å². The van der Waals surface area contributed by atoms with Crippen LogP contribution in [0.1, 0.15) is 29.3 Å². The number of aliphatic hydroxyl groups excluding tert-OH is 1. The first-order valence-electron chi connectivity index (χ1n) is 9.46. The second-order valence-electron chi connectivity index (χ2n) is 7.37. The second-order valence-corrected chi connectivity index (χ2v) is 7.37. The van der Waals surface area contributed by atoms with Crippen molar-refractivity contribution in [2.75, 3.05) is 34.3 Å². The minimum absolute atomic E-state index is 0.0127. The third kappa shape index (κ3) is 4.05. The van der Waals surface area contributed by atoms with E-state index in [9.17, 15) is 14.7 Å². The molecule has 1 aliphatic rings. The Hall–Kier alpha value is -3.06. The first-order chi connectivity index (χ1) is 13.8. The molecule has 0 aliphatic carbocycles. The van der Waals surface area contributed by atoms with Crippen molar-refractivity contribution in [2.24, 2.45) is 0 Å². The molecule has 1 unspecified atom stereocenters. The number of hydrogen-bond donors (Lipinski definition) is 1. The molecule has 1 N–H and O–H groups in total. The lowest BCUT2D eigenvalue weighted by atomic mass is 9.98. The van der Waals surface area contributed by atoms with Crippen LogP contribution in [0.15, 0.2) is 46.6 Å². The molecular weight excluding hydrogens is 372 g/mol. The number of aliphatic hydroxyl groups is 1. The van der Waals surface area contributed by atoms with Crippen LogP contribution in [0.4, 0.5) is 0 Å². The van der Waals surface area contributed by atoms with Gasteiger partial charge in [-0.25, -0.2) is 0 Å². The number of benzene rings is 1. The fraction of sp³-hybridized carbons (Fsp3) is 0.364. The number of carbonyl (C=O) groups excluding carboxylic acids is 2. The molecule has 0 saturated carbocycles.